The minimum absolute atomic E-state index is 0.0584. The Balaban J connectivity index is 1.36. The van der Waals surface area contributed by atoms with Gasteiger partial charge in [0.05, 0.1) is 22.7 Å². The molecule has 0 aliphatic heterocycles. The van der Waals surface area contributed by atoms with Crippen LogP contribution in [0.5, 0.6) is 0 Å². The average molecular weight is 474 g/mol. The van der Waals surface area contributed by atoms with E-state index in [-0.39, 0.29) is 24.6 Å². The van der Waals surface area contributed by atoms with E-state index in [9.17, 15) is 9.59 Å². The van der Waals surface area contributed by atoms with Gasteiger partial charge in [0.15, 0.2) is 0 Å². The summed E-state index contributed by atoms with van der Waals surface area (Å²) in [5.74, 6) is -0.387. The van der Waals surface area contributed by atoms with Crippen LogP contribution in [-0.4, -0.2) is 20.3 Å². The number of aromatic nitrogens is 3. The van der Waals surface area contributed by atoms with Gasteiger partial charge in [-0.1, -0.05) is 42.5 Å². The van der Waals surface area contributed by atoms with Gasteiger partial charge >= 0.3 is 5.97 Å². The molecular formula is C25H19N3O3S2. The second-order valence-corrected chi connectivity index (χ2v) is 9.52. The van der Waals surface area contributed by atoms with Gasteiger partial charge in [0, 0.05) is 22.7 Å². The molecule has 8 heteroatoms. The summed E-state index contributed by atoms with van der Waals surface area (Å²) >= 11 is 3.08. The summed E-state index contributed by atoms with van der Waals surface area (Å²) in [4.78, 5) is 36.2. The first-order valence-electron chi connectivity index (χ1n) is 10.3. The molecule has 0 aliphatic carbocycles. The number of fused-ring (bicyclic) bond motifs is 1. The van der Waals surface area contributed by atoms with Gasteiger partial charge in [-0.25, -0.2) is 9.97 Å². The molecule has 0 saturated carbocycles. The number of esters is 1. The fraction of sp³-hybridized carbons (Fsp3) is 0.120. The van der Waals surface area contributed by atoms with E-state index < -0.39 is 0 Å². The van der Waals surface area contributed by atoms with E-state index >= 15 is 0 Å². The number of pyridine rings is 1. The lowest BCUT2D eigenvalue weighted by Crippen LogP contribution is -2.17. The smallest absolute Gasteiger partial charge is 0.311 e. The number of hydrogen-bond acceptors (Lipinski definition) is 7. The van der Waals surface area contributed by atoms with Crippen molar-refractivity contribution >= 4 is 34.3 Å². The number of thiazole rings is 1. The maximum atomic E-state index is 12.7. The predicted octanol–water partition coefficient (Wildman–Crippen LogP) is 5.14. The topological polar surface area (TPSA) is 73.6 Å². The maximum absolute atomic E-state index is 12.7. The number of rotatable bonds is 6. The summed E-state index contributed by atoms with van der Waals surface area (Å²) in [5, 5.41) is 2.85. The van der Waals surface area contributed by atoms with Gasteiger partial charge < -0.3 is 4.74 Å². The molecule has 0 radical (unpaired) electrons. The molecule has 6 nitrogen and oxygen atoms in total. The third-order valence-electron chi connectivity index (χ3n) is 5.02. The van der Waals surface area contributed by atoms with Gasteiger partial charge in [-0.3, -0.25) is 14.0 Å². The molecule has 4 heterocycles. The summed E-state index contributed by atoms with van der Waals surface area (Å²) in [7, 11) is 0. The van der Waals surface area contributed by atoms with E-state index in [2.05, 4.69) is 4.98 Å². The number of aryl methyl sites for hydroxylation is 1. The van der Waals surface area contributed by atoms with E-state index in [4.69, 9.17) is 9.72 Å². The van der Waals surface area contributed by atoms with Gasteiger partial charge in [0.1, 0.15) is 17.3 Å². The van der Waals surface area contributed by atoms with Gasteiger partial charge in [-0.2, -0.15) is 0 Å². The molecule has 0 bridgehead atoms. The molecule has 4 aromatic heterocycles. The zero-order chi connectivity index (χ0) is 22.8. The summed E-state index contributed by atoms with van der Waals surface area (Å²) in [5.41, 5.74) is 3.52. The second kappa shape index (κ2) is 9.09. The molecule has 0 saturated heterocycles. The molecule has 33 heavy (non-hydrogen) atoms. The van der Waals surface area contributed by atoms with Crippen LogP contribution < -0.4 is 5.56 Å². The van der Waals surface area contributed by atoms with Crippen molar-refractivity contribution in [3.63, 3.8) is 0 Å². The number of nitrogens with zero attached hydrogens (tertiary/aromatic N) is 3. The van der Waals surface area contributed by atoms with Crippen LogP contribution in [-0.2, 0) is 22.6 Å². The van der Waals surface area contributed by atoms with Crippen LogP contribution >= 0.6 is 22.7 Å². The Hall–Kier alpha value is -3.62. The number of carbonyl (C=O) groups excluding carboxylic acids is 1. The summed E-state index contributed by atoms with van der Waals surface area (Å²) < 4.78 is 6.96. The molecule has 0 amide bonds. The Bertz CT molecular complexity index is 1490. The highest BCUT2D eigenvalue weighted by atomic mass is 32.1. The molecule has 0 unspecified atom stereocenters. The van der Waals surface area contributed by atoms with Gasteiger partial charge in [-0.05, 0) is 30.0 Å². The van der Waals surface area contributed by atoms with Crippen molar-refractivity contribution in [3.05, 3.63) is 98.7 Å². The lowest BCUT2D eigenvalue weighted by molar-refractivity contribution is -0.144. The Labute approximate surface area is 197 Å². The van der Waals surface area contributed by atoms with E-state index in [0.717, 1.165) is 31.6 Å². The molecule has 0 N–H and O–H groups in total. The summed E-state index contributed by atoms with van der Waals surface area (Å²) in [6.45, 7) is 1.85. The molecule has 0 aliphatic rings. The minimum atomic E-state index is -0.387. The van der Waals surface area contributed by atoms with Crippen LogP contribution in [0.3, 0.4) is 0 Å². The van der Waals surface area contributed by atoms with Crippen molar-refractivity contribution in [3.8, 4) is 21.1 Å². The molecule has 1 aromatic carbocycles. The van der Waals surface area contributed by atoms with E-state index in [1.165, 1.54) is 21.8 Å². The summed E-state index contributed by atoms with van der Waals surface area (Å²) in [6, 6.07) is 18.9. The summed E-state index contributed by atoms with van der Waals surface area (Å²) in [6.07, 6.45) is 1.84. The lowest BCUT2D eigenvalue weighted by atomic mass is 10.2. The first kappa shape index (κ1) is 21.2. The number of hydrogen-bond donors (Lipinski definition) is 0. The third kappa shape index (κ3) is 4.62. The van der Waals surface area contributed by atoms with Gasteiger partial charge in [-0.15, -0.1) is 22.7 Å². The molecule has 0 fully saturated rings. The molecule has 5 rings (SSSR count). The predicted molar refractivity (Wildman–Crippen MR) is 131 cm³/mol. The quantitative estimate of drug-likeness (QED) is 0.319. The largest absolute Gasteiger partial charge is 0.459 e. The van der Waals surface area contributed by atoms with Crippen molar-refractivity contribution < 1.29 is 9.53 Å². The number of benzene rings is 1. The Morgan fingerprint density at radius 1 is 1.06 bits per heavy atom. The molecule has 164 valence electrons. The fourth-order valence-electron chi connectivity index (χ4n) is 3.45. The first-order chi connectivity index (χ1) is 16.1. The highest BCUT2D eigenvalue weighted by Gasteiger charge is 2.19. The van der Waals surface area contributed by atoms with E-state index in [0.29, 0.717) is 11.3 Å². The first-order valence-corrected chi connectivity index (χ1v) is 12.0. The zero-order valence-electron chi connectivity index (χ0n) is 17.7. The van der Waals surface area contributed by atoms with Crippen LogP contribution in [0.2, 0.25) is 0 Å². The number of carbonyl (C=O) groups is 1. The van der Waals surface area contributed by atoms with Crippen LogP contribution in [0, 0.1) is 6.92 Å². The third-order valence-corrected chi connectivity index (χ3v) is 7.00. The Morgan fingerprint density at radius 3 is 2.70 bits per heavy atom. The number of ether oxygens (including phenoxy) is 1. The maximum Gasteiger partial charge on any atom is 0.311 e. The van der Waals surface area contributed by atoms with Crippen molar-refractivity contribution in [2.75, 3.05) is 0 Å². The van der Waals surface area contributed by atoms with Crippen molar-refractivity contribution in [2.45, 2.75) is 20.0 Å². The van der Waals surface area contributed by atoms with Crippen LogP contribution in [0.15, 0.2) is 77.0 Å². The standard InChI is InChI=1S/C25H19N3O3S2/c1-16-9-10-21-26-18(12-22(29)28(21)14-16)15-31-23(30)13-20-24(19-8-5-11-32-19)27-25(33-20)17-6-3-2-4-7-17/h2-12,14H,13,15H2,1H3. The molecular weight excluding hydrogens is 454 g/mol. The molecule has 0 spiro atoms. The average Bonchev–Trinajstić information content (AvgIpc) is 3.49. The van der Waals surface area contributed by atoms with Crippen molar-refractivity contribution in [2.24, 2.45) is 0 Å². The second-order valence-electron chi connectivity index (χ2n) is 7.49. The highest BCUT2D eigenvalue weighted by Crippen LogP contribution is 2.36. The normalized spacial score (nSPS) is 11.1. The number of thiophene rings is 1. The van der Waals surface area contributed by atoms with E-state index in [1.807, 2.05) is 60.8 Å². The zero-order valence-corrected chi connectivity index (χ0v) is 19.4. The van der Waals surface area contributed by atoms with Crippen LogP contribution in [0.4, 0.5) is 0 Å². The van der Waals surface area contributed by atoms with E-state index in [1.54, 1.807) is 23.6 Å². The van der Waals surface area contributed by atoms with Crippen LogP contribution in [0.25, 0.3) is 26.8 Å². The monoisotopic (exact) mass is 473 g/mol. The lowest BCUT2D eigenvalue weighted by Gasteiger charge is -2.06. The molecule has 5 aromatic rings. The SMILES string of the molecule is Cc1ccc2nc(COC(=O)Cc3sc(-c4ccccc4)nc3-c3cccs3)cc(=O)n2c1. The fourth-order valence-corrected chi connectivity index (χ4v) is 5.32. The minimum Gasteiger partial charge on any atom is -0.459 e. The van der Waals surface area contributed by atoms with Crippen molar-refractivity contribution in [1.82, 2.24) is 14.4 Å². The molecule has 0 atom stereocenters. The van der Waals surface area contributed by atoms with Gasteiger partial charge in [0.2, 0.25) is 0 Å². The Morgan fingerprint density at radius 2 is 1.91 bits per heavy atom. The van der Waals surface area contributed by atoms with Crippen LogP contribution in [0.1, 0.15) is 16.1 Å². The van der Waals surface area contributed by atoms with Gasteiger partial charge in [0.25, 0.3) is 5.56 Å². The van der Waals surface area contributed by atoms with Crippen molar-refractivity contribution in [1.29, 1.82) is 0 Å². The Kier molecular flexibility index (Phi) is 5.85. The highest BCUT2D eigenvalue weighted by molar-refractivity contribution is 7.17.